The number of carbonyl (C=O) groups excluding carboxylic acids is 3. The molecule has 3 rings (SSSR count). The Balaban J connectivity index is 0.00000260. The molecule has 0 spiro atoms. The number of hydrogen-bond donors (Lipinski definition) is 1. The molecular weight excluding hydrogens is 492 g/mol. The molecule has 0 radical (unpaired) electrons. The van der Waals surface area contributed by atoms with Crippen molar-refractivity contribution < 1.29 is 23.9 Å². The molecule has 2 N–H and O–H groups in total. The number of primary amides is 1. The molecule has 0 atom stereocenters. The summed E-state index contributed by atoms with van der Waals surface area (Å²) in [5.74, 6) is -2.11. The molecule has 1 amide bonds. The van der Waals surface area contributed by atoms with Crippen LogP contribution in [-0.2, 0) is 20.9 Å². The average molecular weight is 533 g/mol. The highest BCUT2D eigenvalue weighted by molar-refractivity contribution is 6.45. The van der Waals surface area contributed by atoms with Gasteiger partial charge in [0.25, 0.3) is 11.7 Å². The van der Waals surface area contributed by atoms with E-state index in [-0.39, 0.29) is 12.2 Å². The van der Waals surface area contributed by atoms with E-state index in [0.717, 1.165) is 18.4 Å². The van der Waals surface area contributed by atoms with E-state index < -0.39 is 23.3 Å². The zero-order valence-electron chi connectivity index (χ0n) is 23.9. The van der Waals surface area contributed by atoms with Gasteiger partial charge < -0.3 is 19.8 Å². The van der Waals surface area contributed by atoms with Gasteiger partial charge in [-0.25, -0.2) is 4.79 Å². The molecule has 0 bridgehead atoms. The molecule has 1 aromatic heterocycles. The molecule has 0 saturated carbocycles. The van der Waals surface area contributed by atoms with Crippen LogP contribution in [0.2, 0.25) is 0 Å². The summed E-state index contributed by atoms with van der Waals surface area (Å²) in [6.07, 6.45) is 15.8. The quantitative estimate of drug-likeness (QED) is 0.232. The fourth-order valence-electron chi connectivity index (χ4n) is 4.19. The number of hydrogen-bond acceptors (Lipinski definition) is 5. The van der Waals surface area contributed by atoms with Crippen molar-refractivity contribution >= 4 is 28.6 Å². The molecule has 7 heteroatoms. The Hall–Kier alpha value is -4.13. The highest BCUT2D eigenvalue weighted by atomic mass is 16.6. The van der Waals surface area contributed by atoms with Crippen molar-refractivity contribution in [3.05, 3.63) is 89.7 Å². The highest BCUT2D eigenvalue weighted by Crippen LogP contribution is 2.34. The number of amides is 1. The Bertz CT molecular complexity index is 1350. The number of ketones is 1. The SMILES string of the molecule is C=C/C1=C/C=C\C=C(\C=C\Cn2c(C)c(C(=O)C(N)=O)c3c(OCC(=O)OC(C)(C)C)cccc32)CC1.CC. The molecule has 7 nitrogen and oxygen atoms in total. The molecule has 0 fully saturated rings. The minimum Gasteiger partial charge on any atom is -0.481 e. The summed E-state index contributed by atoms with van der Waals surface area (Å²) in [6.45, 7) is 15.0. The maximum atomic E-state index is 12.8. The Morgan fingerprint density at radius 1 is 1.08 bits per heavy atom. The van der Waals surface area contributed by atoms with Crippen LogP contribution in [0.4, 0.5) is 0 Å². The lowest BCUT2D eigenvalue weighted by molar-refractivity contribution is -0.157. The third-order valence-corrected chi connectivity index (χ3v) is 5.84. The standard InChI is InChI=1S/C30H34N2O5.C2H6/c1-6-21-11-7-8-12-22(17-16-21)13-10-18-32-20(2)26(28(34)29(31)35)27-23(32)14-9-15-24(27)36-19-25(33)37-30(3,4)5;1-2/h6-15H,1,16-19H2,2-5H3,(H2,31,35);1-2H3/b8-7-,13-10+,21-11-,22-12-;. The lowest BCUT2D eigenvalue weighted by atomic mass is 10.0. The lowest BCUT2D eigenvalue weighted by Crippen LogP contribution is -2.27. The number of aromatic nitrogens is 1. The summed E-state index contributed by atoms with van der Waals surface area (Å²) in [4.78, 5) is 36.9. The molecular formula is C32H40N2O5. The van der Waals surface area contributed by atoms with Gasteiger partial charge in [0.05, 0.1) is 16.5 Å². The van der Waals surface area contributed by atoms with Crippen molar-refractivity contribution in [1.82, 2.24) is 4.57 Å². The van der Waals surface area contributed by atoms with E-state index in [4.69, 9.17) is 15.2 Å². The first-order chi connectivity index (χ1) is 18.5. The number of Topliss-reactive ketones (excluding diaryl/α,β-unsaturated/α-hetero) is 1. The summed E-state index contributed by atoms with van der Waals surface area (Å²) in [7, 11) is 0. The van der Waals surface area contributed by atoms with Crippen molar-refractivity contribution in [1.29, 1.82) is 0 Å². The number of carbonyl (C=O) groups is 3. The monoisotopic (exact) mass is 532 g/mol. The Labute approximate surface area is 231 Å². The minimum absolute atomic E-state index is 0.171. The van der Waals surface area contributed by atoms with Crippen LogP contribution >= 0.6 is 0 Å². The summed E-state index contributed by atoms with van der Waals surface area (Å²) in [5, 5.41) is 0.439. The summed E-state index contributed by atoms with van der Waals surface area (Å²) in [6, 6.07) is 5.27. The molecule has 1 aromatic carbocycles. The Kier molecular flexibility index (Phi) is 11.3. The molecule has 0 unspecified atom stereocenters. The second-order valence-electron chi connectivity index (χ2n) is 9.76. The maximum absolute atomic E-state index is 12.8. The van der Waals surface area contributed by atoms with E-state index in [9.17, 15) is 14.4 Å². The fraction of sp³-hybridized carbons (Fsp3) is 0.344. The van der Waals surface area contributed by atoms with Gasteiger partial charge in [-0.3, -0.25) is 9.59 Å². The second kappa shape index (κ2) is 14.1. The minimum atomic E-state index is -1.06. The Morgan fingerprint density at radius 2 is 1.72 bits per heavy atom. The van der Waals surface area contributed by atoms with Gasteiger partial charge in [0.15, 0.2) is 6.61 Å². The molecule has 39 heavy (non-hydrogen) atoms. The number of benzene rings is 1. The van der Waals surface area contributed by atoms with Crippen molar-refractivity contribution in [2.75, 3.05) is 6.61 Å². The van der Waals surface area contributed by atoms with E-state index in [2.05, 4.69) is 24.8 Å². The third kappa shape index (κ3) is 8.43. The molecule has 1 heterocycles. The van der Waals surface area contributed by atoms with Crippen molar-refractivity contribution in [2.45, 2.75) is 66.5 Å². The number of esters is 1. The lowest BCUT2D eigenvalue weighted by Gasteiger charge is -2.19. The zero-order valence-corrected chi connectivity index (χ0v) is 23.9. The second-order valence-corrected chi connectivity index (χ2v) is 9.76. The number of nitrogens with zero attached hydrogens (tertiary/aromatic N) is 1. The van der Waals surface area contributed by atoms with Crippen LogP contribution in [0.1, 0.15) is 63.5 Å². The van der Waals surface area contributed by atoms with Crippen LogP contribution in [0.15, 0.2) is 78.5 Å². The third-order valence-electron chi connectivity index (χ3n) is 5.84. The van der Waals surface area contributed by atoms with Gasteiger partial charge in [-0.1, -0.05) is 69.0 Å². The van der Waals surface area contributed by atoms with Gasteiger partial charge in [-0.05, 0) is 63.8 Å². The summed E-state index contributed by atoms with van der Waals surface area (Å²) in [5.41, 5.74) is 8.50. The summed E-state index contributed by atoms with van der Waals surface area (Å²) >= 11 is 0. The smallest absolute Gasteiger partial charge is 0.344 e. The predicted octanol–water partition coefficient (Wildman–Crippen LogP) is 6.31. The largest absolute Gasteiger partial charge is 0.481 e. The number of rotatable bonds is 9. The van der Waals surface area contributed by atoms with Crippen molar-refractivity contribution in [3.63, 3.8) is 0 Å². The van der Waals surface area contributed by atoms with E-state index in [1.165, 1.54) is 5.57 Å². The molecule has 208 valence electrons. The molecule has 2 aromatic rings. The van der Waals surface area contributed by atoms with Gasteiger partial charge in [0.1, 0.15) is 11.4 Å². The first-order valence-corrected chi connectivity index (χ1v) is 13.2. The van der Waals surface area contributed by atoms with Gasteiger partial charge in [0, 0.05) is 12.2 Å². The highest BCUT2D eigenvalue weighted by Gasteiger charge is 2.26. The summed E-state index contributed by atoms with van der Waals surface area (Å²) < 4.78 is 13.0. The average Bonchev–Trinajstić information content (AvgIpc) is 3.15. The first-order valence-electron chi connectivity index (χ1n) is 13.2. The normalized spacial score (nSPS) is 17.0. The van der Waals surface area contributed by atoms with E-state index >= 15 is 0 Å². The molecule has 0 saturated heterocycles. The zero-order chi connectivity index (χ0) is 29.2. The number of nitrogens with two attached hydrogens (primary N) is 1. The van der Waals surface area contributed by atoms with E-state index in [0.29, 0.717) is 28.9 Å². The van der Waals surface area contributed by atoms with Gasteiger partial charge in [-0.2, -0.15) is 0 Å². The van der Waals surface area contributed by atoms with Crippen LogP contribution in [0, 0.1) is 6.92 Å². The predicted molar refractivity (Wildman–Crippen MR) is 157 cm³/mol. The molecule has 0 aliphatic heterocycles. The number of fused-ring (bicyclic) bond motifs is 1. The van der Waals surface area contributed by atoms with Gasteiger partial charge in [-0.15, -0.1) is 0 Å². The first kappa shape index (κ1) is 31.1. The van der Waals surface area contributed by atoms with Crippen molar-refractivity contribution in [2.24, 2.45) is 5.73 Å². The van der Waals surface area contributed by atoms with Crippen LogP contribution < -0.4 is 10.5 Å². The topological polar surface area (TPSA) is 101 Å². The number of ether oxygens (including phenoxy) is 2. The van der Waals surface area contributed by atoms with E-state index in [1.807, 2.05) is 48.8 Å². The van der Waals surface area contributed by atoms with E-state index in [1.54, 1.807) is 39.8 Å². The fourth-order valence-corrected chi connectivity index (χ4v) is 4.19. The molecule has 1 aliphatic rings. The van der Waals surface area contributed by atoms with Gasteiger partial charge in [0.2, 0.25) is 0 Å². The molecule has 1 aliphatic carbocycles. The van der Waals surface area contributed by atoms with Gasteiger partial charge >= 0.3 is 5.97 Å². The Morgan fingerprint density at radius 3 is 2.33 bits per heavy atom. The van der Waals surface area contributed by atoms with Crippen LogP contribution in [0.3, 0.4) is 0 Å². The van der Waals surface area contributed by atoms with Crippen LogP contribution in [-0.4, -0.2) is 34.4 Å². The number of allylic oxidation sites excluding steroid dienone is 9. The van der Waals surface area contributed by atoms with Crippen LogP contribution in [0.5, 0.6) is 5.75 Å². The van der Waals surface area contributed by atoms with Crippen LogP contribution in [0.25, 0.3) is 10.9 Å². The van der Waals surface area contributed by atoms with Crippen molar-refractivity contribution in [3.8, 4) is 5.75 Å². The maximum Gasteiger partial charge on any atom is 0.344 e.